The maximum absolute atomic E-state index is 14.4. The van der Waals surface area contributed by atoms with E-state index in [4.69, 9.17) is 19.2 Å². The first-order chi connectivity index (χ1) is 33.3. The Bertz CT molecular complexity index is 2580. The zero-order chi connectivity index (χ0) is 50.9. The second kappa shape index (κ2) is 23.1. The van der Waals surface area contributed by atoms with Crippen LogP contribution in [0.5, 0.6) is 5.75 Å². The molecule has 0 saturated heterocycles. The second-order valence-corrected chi connectivity index (χ2v) is 20.9. The van der Waals surface area contributed by atoms with Gasteiger partial charge in [0.25, 0.3) is 6.47 Å². The highest BCUT2D eigenvalue weighted by Gasteiger charge is 2.38. The van der Waals surface area contributed by atoms with Crippen molar-refractivity contribution in [3.05, 3.63) is 77.3 Å². The Morgan fingerprint density at radius 2 is 1.71 bits per heavy atom. The number of carbonyl (C=O) groups excluding carboxylic acids is 6. The van der Waals surface area contributed by atoms with Crippen LogP contribution >= 0.6 is 0 Å². The van der Waals surface area contributed by atoms with Gasteiger partial charge in [-0.05, 0) is 123 Å². The Morgan fingerprint density at radius 3 is 2.34 bits per heavy atom. The van der Waals surface area contributed by atoms with Crippen molar-refractivity contribution in [1.82, 2.24) is 30.0 Å². The van der Waals surface area contributed by atoms with E-state index in [0.29, 0.717) is 49.5 Å². The Kier molecular flexibility index (Phi) is 17.5. The molecule has 2 aliphatic carbocycles. The van der Waals surface area contributed by atoms with Crippen molar-refractivity contribution in [3.8, 4) is 28.1 Å². The fraction of sp³-hybridized carbons (Fsp3) is 0.527. The number of aldehydes is 1. The number of benzene rings is 2. The van der Waals surface area contributed by atoms with E-state index in [1.54, 1.807) is 33.5 Å². The lowest BCUT2D eigenvalue weighted by molar-refractivity contribution is -0.141. The van der Waals surface area contributed by atoms with Gasteiger partial charge in [0.1, 0.15) is 24.6 Å². The van der Waals surface area contributed by atoms with Crippen LogP contribution in [0, 0.1) is 22.7 Å². The van der Waals surface area contributed by atoms with Crippen LogP contribution in [0.3, 0.4) is 0 Å². The van der Waals surface area contributed by atoms with Gasteiger partial charge in [-0.3, -0.25) is 19.4 Å². The number of rotatable bonds is 23. The number of pyridine rings is 1. The molecule has 2 fully saturated rings. The normalized spacial score (nSPS) is 15.3. The van der Waals surface area contributed by atoms with Gasteiger partial charge in [0.15, 0.2) is 11.7 Å². The van der Waals surface area contributed by atoms with Crippen molar-refractivity contribution in [1.29, 1.82) is 0 Å². The minimum atomic E-state index is -0.989. The number of aryl methyl sites for hydroxylation is 1. The lowest BCUT2D eigenvalue weighted by Crippen LogP contribution is -2.56. The van der Waals surface area contributed by atoms with Gasteiger partial charge in [-0.15, -0.1) is 0 Å². The van der Waals surface area contributed by atoms with Crippen LogP contribution in [-0.2, 0) is 52.8 Å². The lowest BCUT2D eigenvalue weighted by Gasteiger charge is -2.33. The smallest absolute Gasteiger partial charge is 0.317 e. The van der Waals surface area contributed by atoms with Crippen molar-refractivity contribution < 1.29 is 43.0 Å². The number of carbonyl (C=O) groups is 5. The highest BCUT2D eigenvalue weighted by molar-refractivity contribution is 5.96. The molecule has 2 saturated carbocycles. The summed E-state index contributed by atoms with van der Waals surface area (Å²) in [5.74, 6) is 1.96. The number of ether oxygens (including phenoxy) is 3. The minimum absolute atomic E-state index is 0.0737. The summed E-state index contributed by atoms with van der Waals surface area (Å²) >= 11 is 0. The molecule has 6 rings (SSSR count). The third-order valence-corrected chi connectivity index (χ3v) is 13.6. The molecule has 3 atom stereocenters. The Morgan fingerprint density at radius 1 is 0.986 bits per heavy atom. The van der Waals surface area contributed by atoms with Crippen LogP contribution in [0.25, 0.3) is 33.3 Å². The number of nitrogens with zero attached hydrogens (tertiary/aromatic N) is 4. The third-order valence-electron chi connectivity index (χ3n) is 13.6. The Hall–Kier alpha value is -6.31. The van der Waals surface area contributed by atoms with E-state index in [9.17, 15) is 28.8 Å². The zero-order valence-electron chi connectivity index (χ0n) is 42.7. The molecule has 376 valence electrons. The SMILES string of the molecule is CCn1c(-c2cccnc2C(C)OC)c(CC(C)(C)COC=O)c2cc(-c3cc(CC(C=O)NC(=O)C(C4CCCC4)N(C)C(=O)CN(C)C(=O)NCC4CC4)cc(OC(=C=O)C(C)(C)C)c3)ccc21. The largest absolute Gasteiger partial charge is 0.467 e. The number of likely N-dealkylation sites (N-methyl/N-ethyl adjacent to an activating group) is 2. The molecule has 0 spiro atoms. The Labute approximate surface area is 412 Å². The predicted molar refractivity (Wildman–Crippen MR) is 269 cm³/mol. The molecule has 0 radical (unpaired) electrons. The number of hydrogen-bond donors (Lipinski definition) is 2. The fourth-order valence-corrected chi connectivity index (χ4v) is 9.58. The van der Waals surface area contributed by atoms with E-state index in [1.807, 2.05) is 57.9 Å². The molecule has 2 N–H and O–H groups in total. The molecule has 3 unspecified atom stereocenters. The number of amides is 4. The van der Waals surface area contributed by atoms with E-state index >= 15 is 0 Å². The van der Waals surface area contributed by atoms with Gasteiger partial charge < -0.3 is 44.0 Å². The van der Waals surface area contributed by atoms with Crippen LogP contribution in [0.1, 0.15) is 110 Å². The summed E-state index contributed by atoms with van der Waals surface area (Å²) < 4.78 is 19.7. The van der Waals surface area contributed by atoms with E-state index in [0.717, 1.165) is 83.1 Å². The van der Waals surface area contributed by atoms with Gasteiger partial charge in [0, 0.05) is 67.8 Å². The molecule has 15 nitrogen and oxygen atoms in total. The zero-order valence-corrected chi connectivity index (χ0v) is 42.7. The molecule has 2 aromatic heterocycles. The summed E-state index contributed by atoms with van der Waals surface area (Å²) in [6, 6.07) is 13.6. The van der Waals surface area contributed by atoms with Gasteiger partial charge in [-0.1, -0.05) is 59.6 Å². The van der Waals surface area contributed by atoms with E-state index in [1.165, 1.54) is 9.80 Å². The van der Waals surface area contributed by atoms with Gasteiger partial charge in [-0.2, -0.15) is 0 Å². The average Bonchev–Trinajstić information content (AvgIpc) is 3.92. The van der Waals surface area contributed by atoms with Crippen LogP contribution < -0.4 is 15.4 Å². The molecule has 2 aliphatic rings. The summed E-state index contributed by atoms with van der Waals surface area (Å²) in [6.07, 6.45) is 8.27. The molecule has 2 heterocycles. The van der Waals surface area contributed by atoms with E-state index < -0.39 is 28.8 Å². The van der Waals surface area contributed by atoms with Crippen molar-refractivity contribution >= 4 is 47.4 Å². The molecule has 70 heavy (non-hydrogen) atoms. The number of urea groups is 1. The van der Waals surface area contributed by atoms with Gasteiger partial charge in [0.2, 0.25) is 11.8 Å². The number of hydrogen-bond acceptors (Lipinski definition) is 10. The number of methoxy groups -OCH3 is 1. The molecule has 2 aromatic carbocycles. The summed E-state index contributed by atoms with van der Waals surface area (Å²) in [5, 5.41) is 6.82. The highest BCUT2D eigenvalue weighted by atomic mass is 16.5. The molecular formula is C55H72N6O9. The van der Waals surface area contributed by atoms with Gasteiger partial charge in [-0.25, -0.2) is 9.59 Å². The maximum atomic E-state index is 14.4. The summed E-state index contributed by atoms with van der Waals surface area (Å²) in [5.41, 5.74) is 5.80. The molecule has 4 aromatic rings. The summed E-state index contributed by atoms with van der Waals surface area (Å²) in [6.45, 7) is 15.4. The number of allylic oxidation sites excluding steroid dienone is 1. The lowest BCUT2D eigenvalue weighted by atomic mass is 9.84. The van der Waals surface area contributed by atoms with Crippen molar-refractivity contribution in [2.45, 2.75) is 125 Å². The topological polar surface area (TPSA) is 178 Å². The molecule has 0 bridgehead atoms. The van der Waals surface area contributed by atoms with E-state index in [-0.39, 0.29) is 49.3 Å². The second-order valence-electron chi connectivity index (χ2n) is 20.9. The molecular weight excluding hydrogens is 889 g/mol. The standard InChI is InChI=1S/C55H72N6O9/c1-11-61-46-21-20-39(27-44(46)45(28-55(6,7)33-69-34-64)51(61)43-17-14-22-56-49(43)35(2)68-10)40-23-37(25-42(26-40)70-47(32-63)54(3,4)5)24-41(31-62)58-52(66)50(38-15-12-13-16-38)60(9)48(65)30-59(8)53(67)57-29-36-18-19-36/h14,17,20-23,25-27,31,34-36,38,41,50H,11-13,15-16,18-19,24,28-30,33H2,1-10H3,(H,57,67)(H,58,66). The third kappa shape index (κ3) is 12.9. The molecule has 4 amide bonds. The van der Waals surface area contributed by atoms with Crippen LogP contribution in [0.15, 0.2) is 60.5 Å². The number of fused-ring (bicyclic) bond motifs is 1. The monoisotopic (exact) mass is 961 g/mol. The highest BCUT2D eigenvalue weighted by Crippen LogP contribution is 2.42. The van der Waals surface area contributed by atoms with Gasteiger partial charge in [0.05, 0.1) is 30.1 Å². The van der Waals surface area contributed by atoms with Crippen molar-refractivity contribution in [2.75, 3.05) is 40.9 Å². The predicted octanol–water partition coefficient (Wildman–Crippen LogP) is 8.27. The van der Waals surface area contributed by atoms with Crippen molar-refractivity contribution in [2.24, 2.45) is 22.7 Å². The van der Waals surface area contributed by atoms with Crippen LogP contribution in [0.4, 0.5) is 4.79 Å². The van der Waals surface area contributed by atoms with Crippen LogP contribution in [-0.4, -0.2) is 109 Å². The van der Waals surface area contributed by atoms with Crippen molar-refractivity contribution in [3.63, 3.8) is 0 Å². The van der Waals surface area contributed by atoms with E-state index in [2.05, 4.69) is 54.2 Å². The number of aromatic nitrogens is 2. The fourth-order valence-electron chi connectivity index (χ4n) is 9.58. The molecule has 0 aliphatic heterocycles. The first-order valence-electron chi connectivity index (χ1n) is 24.6. The van der Waals surface area contributed by atoms with Crippen LogP contribution in [0.2, 0.25) is 0 Å². The quantitative estimate of drug-likeness (QED) is 0.0418. The first kappa shape index (κ1) is 53.0. The maximum Gasteiger partial charge on any atom is 0.317 e. The molecule has 15 heteroatoms. The summed E-state index contributed by atoms with van der Waals surface area (Å²) in [7, 11) is 4.81. The number of nitrogens with one attached hydrogen (secondary N) is 2. The Balaban J connectivity index is 1.39. The summed E-state index contributed by atoms with van der Waals surface area (Å²) in [4.78, 5) is 85.1. The average molecular weight is 961 g/mol. The minimum Gasteiger partial charge on any atom is -0.467 e. The first-order valence-corrected chi connectivity index (χ1v) is 24.6. The van der Waals surface area contributed by atoms with Gasteiger partial charge >= 0.3 is 6.03 Å².